The van der Waals surface area contributed by atoms with E-state index in [4.69, 9.17) is 4.74 Å². The summed E-state index contributed by atoms with van der Waals surface area (Å²) in [6, 6.07) is 6.83. The minimum absolute atomic E-state index is 0.232. The monoisotopic (exact) mass is 261 g/mol. The number of ether oxygens (including phenoxy) is 1. The molecule has 0 aliphatic heterocycles. The first kappa shape index (κ1) is 13.2. The smallest absolute Gasteiger partial charge is 0.339 e. The molecule has 0 amide bonds. The summed E-state index contributed by atoms with van der Waals surface area (Å²) >= 11 is 0. The summed E-state index contributed by atoms with van der Waals surface area (Å²) in [7, 11) is 0. The molecule has 100 valence electrons. The number of aliphatic hydroxyl groups is 1. The number of nitrogens with zero attached hydrogens (tertiary/aromatic N) is 3. The van der Waals surface area contributed by atoms with E-state index >= 15 is 0 Å². The highest BCUT2D eigenvalue weighted by molar-refractivity contribution is 5.76. The summed E-state index contributed by atoms with van der Waals surface area (Å²) in [6.45, 7) is 3.76. The van der Waals surface area contributed by atoms with E-state index in [1.807, 2.05) is 6.92 Å². The molecule has 1 atom stereocenters. The van der Waals surface area contributed by atoms with Crippen molar-refractivity contribution in [1.82, 2.24) is 15.0 Å². The Balaban J connectivity index is 2.26. The molecule has 2 aromatic rings. The first-order valence-electron chi connectivity index (χ1n) is 5.96. The van der Waals surface area contributed by atoms with Crippen LogP contribution in [-0.4, -0.2) is 32.7 Å². The molecule has 1 N–H and O–H groups in total. The van der Waals surface area contributed by atoms with Crippen molar-refractivity contribution in [2.75, 3.05) is 6.61 Å². The van der Waals surface area contributed by atoms with E-state index in [2.05, 4.69) is 10.2 Å². The molecular formula is C13H15N3O3. The zero-order chi connectivity index (χ0) is 13.8. The van der Waals surface area contributed by atoms with Crippen molar-refractivity contribution in [2.24, 2.45) is 0 Å². The van der Waals surface area contributed by atoms with Crippen LogP contribution in [0.2, 0.25) is 0 Å². The summed E-state index contributed by atoms with van der Waals surface area (Å²) in [5.41, 5.74) is 1.91. The lowest BCUT2D eigenvalue weighted by Crippen LogP contribution is -2.15. The number of aryl methyl sites for hydroxylation is 1. The van der Waals surface area contributed by atoms with Crippen LogP contribution in [0.3, 0.4) is 0 Å². The van der Waals surface area contributed by atoms with Gasteiger partial charge in [-0.15, -0.1) is 0 Å². The maximum atomic E-state index is 11.5. The number of benzene rings is 1. The zero-order valence-electron chi connectivity index (χ0n) is 10.8. The van der Waals surface area contributed by atoms with Crippen LogP contribution in [0.5, 0.6) is 0 Å². The number of aliphatic hydroxyl groups excluding tert-OH is 1. The van der Waals surface area contributed by atoms with E-state index in [0.717, 1.165) is 5.69 Å². The van der Waals surface area contributed by atoms with Crippen LogP contribution in [0.1, 0.15) is 24.3 Å². The summed E-state index contributed by atoms with van der Waals surface area (Å²) < 4.78 is 4.78. The molecule has 0 bridgehead atoms. The third kappa shape index (κ3) is 2.97. The van der Waals surface area contributed by atoms with Gasteiger partial charge in [0.2, 0.25) is 0 Å². The second-order valence-corrected chi connectivity index (χ2v) is 4.02. The molecule has 0 fully saturated rings. The van der Waals surface area contributed by atoms with E-state index in [0.29, 0.717) is 11.3 Å². The van der Waals surface area contributed by atoms with Gasteiger partial charge < -0.3 is 9.84 Å². The van der Waals surface area contributed by atoms with Gasteiger partial charge in [-0.2, -0.15) is 15.0 Å². The number of esters is 1. The first-order chi connectivity index (χ1) is 9.11. The van der Waals surface area contributed by atoms with Crippen LogP contribution in [0.4, 0.5) is 0 Å². The van der Waals surface area contributed by atoms with Gasteiger partial charge in [0.15, 0.2) is 6.10 Å². The fraction of sp³-hybridized carbons (Fsp3) is 0.308. The Morgan fingerprint density at radius 2 is 2.32 bits per heavy atom. The average molecular weight is 261 g/mol. The lowest BCUT2D eigenvalue weighted by Gasteiger charge is -2.10. The molecule has 1 aromatic carbocycles. The lowest BCUT2D eigenvalue weighted by molar-refractivity contribution is -0.153. The highest BCUT2D eigenvalue weighted by Gasteiger charge is 2.19. The highest BCUT2D eigenvalue weighted by atomic mass is 16.5. The minimum atomic E-state index is -1.29. The Kier molecular flexibility index (Phi) is 3.91. The normalized spacial score (nSPS) is 12.2. The Hall–Kier alpha value is -2.21. The zero-order valence-corrected chi connectivity index (χ0v) is 10.8. The molecule has 0 radical (unpaired) electrons. The van der Waals surface area contributed by atoms with Crippen LogP contribution >= 0.6 is 0 Å². The van der Waals surface area contributed by atoms with E-state index in [1.54, 1.807) is 37.4 Å². The lowest BCUT2D eigenvalue weighted by atomic mass is 10.1. The average Bonchev–Trinajstić information content (AvgIpc) is 2.85. The second-order valence-electron chi connectivity index (χ2n) is 4.02. The summed E-state index contributed by atoms with van der Waals surface area (Å²) in [4.78, 5) is 12.9. The molecule has 19 heavy (non-hydrogen) atoms. The number of carbonyl (C=O) groups is 1. The van der Waals surface area contributed by atoms with Crippen LogP contribution in [0.25, 0.3) is 5.69 Å². The van der Waals surface area contributed by atoms with Gasteiger partial charge in [-0.25, -0.2) is 4.79 Å². The minimum Gasteiger partial charge on any atom is -0.464 e. The number of rotatable bonds is 4. The van der Waals surface area contributed by atoms with Gasteiger partial charge in [-0.3, -0.25) is 0 Å². The largest absolute Gasteiger partial charge is 0.464 e. The van der Waals surface area contributed by atoms with Crippen molar-refractivity contribution in [3.8, 4) is 5.69 Å². The quantitative estimate of drug-likeness (QED) is 0.836. The van der Waals surface area contributed by atoms with E-state index in [-0.39, 0.29) is 6.61 Å². The van der Waals surface area contributed by atoms with Crippen molar-refractivity contribution in [3.05, 3.63) is 41.7 Å². The van der Waals surface area contributed by atoms with Gasteiger partial charge in [-0.05, 0) is 31.5 Å². The number of carbonyl (C=O) groups excluding carboxylic acids is 1. The second kappa shape index (κ2) is 5.62. The van der Waals surface area contributed by atoms with E-state index in [9.17, 15) is 9.90 Å². The number of aromatic nitrogens is 3. The number of hydrogen-bond donors (Lipinski definition) is 1. The number of hydrogen-bond acceptors (Lipinski definition) is 5. The van der Waals surface area contributed by atoms with Crippen LogP contribution in [0, 0.1) is 6.92 Å². The van der Waals surface area contributed by atoms with Crippen molar-refractivity contribution in [2.45, 2.75) is 20.0 Å². The van der Waals surface area contributed by atoms with Gasteiger partial charge in [-0.1, -0.05) is 12.1 Å². The Labute approximate surface area is 110 Å². The molecular weight excluding hydrogens is 246 g/mol. The first-order valence-corrected chi connectivity index (χ1v) is 5.96. The third-order valence-electron chi connectivity index (χ3n) is 2.53. The fourth-order valence-electron chi connectivity index (χ4n) is 1.64. The molecule has 2 rings (SSSR count). The van der Waals surface area contributed by atoms with Crippen molar-refractivity contribution in [1.29, 1.82) is 0 Å². The van der Waals surface area contributed by atoms with E-state index < -0.39 is 12.1 Å². The fourth-order valence-corrected chi connectivity index (χ4v) is 1.64. The molecule has 6 nitrogen and oxygen atoms in total. The molecule has 1 heterocycles. The third-order valence-corrected chi connectivity index (χ3v) is 2.53. The predicted molar refractivity (Wildman–Crippen MR) is 67.7 cm³/mol. The molecule has 1 unspecified atom stereocenters. The maximum absolute atomic E-state index is 11.5. The van der Waals surface area contributed by atoms with Crippen molar-refractivity contribution < 1.29 is 14.6 Å². The highest BCUT2D eigenvalue weighted by Crippen LogP contribution is 2.17. The molecule has 0 aliphatic rings. The van der Waals surface area contributed by atoms with E-state index in [1.165, 1.54) is 4.80 Å². The van der Waals surface area contributed by atoms with Crippen LogP contribution in [0.15, 0.2) is 30.5 Å². The van der Waals surface area contributed by atoms with Gasteiger partial charge in [0.25, 0.3) is 0 Å². The topological polar surface area (TPSA) is 77.2 Å². The summed E-state index contributed by atoms with van der Waals surface area (Å²) in [6.07, 6.45) is 0.339. The molecule has 0 saturated carbocycles. The van der Waals surface area contributed by atoms with Gasteiger partial charge >= 0.3 is 5.97 Å². The Bertz CT molecular complexity index is 580. The van der Waals surface area contributed by atoms with Gasteiger partial charge in [0, 0.05) is 0 Å². The predicted octanol–water partition coefficient (Wildman–Crippen LogP) is 1.17. The molecule has 6 heteroatoms. The van der Waals surface area contributed by atoms with Crippen molar-refractivity contribution in [3.63, 3.8) is 0 Å². The standard InChI is InChI=1S/C13H15N3O3/c1-3-19-13(18)12(17)10-5-4-6-11(7-10)16-14-8-9(2)15-16/h4-8,12,17H,3H2,1-2H3. The Morgan fingerprint density at radius 3 is 2.95 bits per heavy atom. The summed E-state index contributed by atoms with van der Waals surface area (Å²) in [5, 5.41) is 18.1. The molecule has 0 spiro atoms. The molecule has 0 saturated heterocycles. The summed E-state index contributed by atoms with van der Waals surface area (Å²) in [5.74, 6) is -0.663. The van der Waals surface area contributed by atoms with Crippen LogP contribution in [-0.2, 0) is 9.53 Å². The Morgan fingerprint density at radius 1 is 1.53 bits per heavy atom. The van der Waals surface area contributed by atoms with Crippen LogP contribution < -0.4 is 0 Å². The molecule has 0 aliphatic carbocycles. The van der Waals surface area contributed by atoms with Gasteiger partial charge in [0.1, 0.15) is 0 Å². The SMILES string of the molecule is CCOC(=O)C(O)c1cccc(-n2ncc(C)n2)c1. The van der Waals surface area contributed by atoms with Gasteiger partial charge in [0.05, 0.1) is 24.2 Å². The maximum Gasteiger partial charge on any atom is 0.339 e. The molecule has 1 aromatic heterocycles. The van der Waals surface area contributed by atoms with Crippen molar-refractivity contribution >= 4 is 5.97 Å².